The van der Waals surface area contributed by atoms with Crippen LogP contribution < -0.4 is 10.6 Å². The SMILES string of the molecule is Cc1nccn1CCNC(=O)C1COCCN1.Cl.Cl. The number of halogens is 2. The zero-order chi connectivity index (χ0) is 12.1. The molecule has 0 spiro atoms. The molecule has 0 saturated carbocycles. The maximum absolute atomic E-state index is 11.7. The molecule has 1 atom stereocenters. The number of carbonyl (C=O) groups excluding carboxylic acids is 1. The standard InChI is InChI=1S/C11H18N4O2.2ClH/c1-9-12-2-5-15(9)6-3-14-11(16)10-8-17-7-4-13-10;;/h2,5,10,13H,3-4,6-8H2,1H3,(H,14,16);2*1H. The quantitative estimate of drug-likeness (QED) is 0.830. The molecule has 2 rings (SSSR count). The van der Waals surface area contributed by atoms with Gasteiger partial charge in [0.15, 0.2) is 0 Å². The summed E-state index contributed by atoms with van der Waals surface area (Å²) >= 11 is 0. The Labute approximate surface area is 125 Å². The Morgan fingerprint density at radius 3 is 3.00 bits per heavy atom. The molecule has 6 nitrogen and oxygen atoms in total. The van der Waals surface area contributed by atoms with Crippen LogP contribution in [0, 0.1) is 6.92 Å². The van der Waals surface area contributed by atoms with E-state index >= 15 is 0 Å². The summed E-state index contributed by atoms with van der Waals surface area (Å²) in [6.07, 6.45) is 3.66. The van der Waals surface area contributed by atoms with Crippen LogP contribution in [0.1, 0.15) is 5.82 Å². The van der Waals surface area contributed by atoms with E-state index in [0.29, 0.717) is 19.8 Å². The Morgan fingerprint density at radius 1 is 1.63 bits per heavy atom. The van der Waals surface area contributed by atoms with Gasteiger partial charge in [-0.2, -0.15) is 0 Å². The monoisotopic (exact) mass is 310 g/mol. The Morgan fingerprint density at radius 2 is 2.42 bits per heavy atom. The molecular weight excluding hydrogens is 291 g/mol. The van der Waals surface area contributed by atoms with Gasteiger partial charge in [-0.1, -0.05) is 0 Å². The molecule has 1 amide bonds. The summed E-state index contributed by atoms with van der Waals surface area (Å²) in [7, 11) is 0. The van der Waals surface area contributed by atoms with Gasteiger partial charge in [-0.15, -0.1) is 24.8 Å². The molecule has 1 aliphatic heterocycles. The average Bonchev–Trinajstić information content (AvgIpc) is 2.76. The number of imidazole rings is 1. The molecule has 0 aromatic carbocycles. The average molecular weight is 311 g/mol. The lowest BCUT2D eigenvalue weighted by Gasteiger charge is -2.22. The van der Waals surface area contributed by atoms with Crippen LogP contribution in [0.5, 0.6) is 0 Å². The summed E-state index contributed by atoms with van der Waals surface area (Å²) < 4.78 is 7.24. The lowest BCUT2D eigenvalue weighted by atomic mass is 10.2. The van der Waals surface area contributed by atoms with Crippen molar-refractivity contribution in [3.05, 3.63) is 18.2 Å². The molecule has 110 valence electrons. The van der Waals surface area contributed by atoms with E-state index in [1.54, 1.807) is 6.20 Å². The van der Waals surface area contributed by atoms with E-state index in [9.17, 15) is 4.79 Å². The summed E-state index contributed by atoms with van der Waals surface area (Å²) in [4.78, 5) is 15.9. The number of morpholine rings is 1. The second-order valence-corrected chi connectivity index (χ2v) is 4.04. The third kappa shape index (κ3) is 5.36. The van der Waals surface area contributed by atoms with E-state index < -0.39 is 0 Å². The Balaban J connectivity index is 0.00000162. The van der Waals surface area contributed by atoms with Crippen molar-refractivity contribution in [3.63, 3.8) is 0 Å². The number of aryl methyl sites for hydroxylation is 1. The summed E-state index contributed by atoms with van der Waals surface area (Å²) in [5.41, 5.74) is 0. The van der Waals surface area contributed by atoms with Crippen molar-refractivity contribution >= 4 is 30.7 Å². The maximum Gasteiger partial charge on any atom is 0.239 e. The fraction of sp³-hybridized carbons (Fsp3) is 0.636. The van der Waals surface area contributed by atoms with Crippen LogP contribution in [-0.4, -0.2) is 47.8 Å². The highest BCUT2D eigenvalue weighted by Gasteiger charge is 2.20. The van der Waals surface area contributed by atoms with E-state index in [0.717, 1.165) is 18.9 Å². The van der Waals surface area contributed by atoms with Crippen LogP contribution in [0.3, 0.4) is 0 Å². The number of rotatable bonds is 4. The van der Waals surface area contributed by atoms with Gasteiger partial charge >= 0.3 is 0 Å². The predicted molar refractivity (Wildman–Crippen MR) is 77.1 cm³/mol. The number of ether oxygens (including phenoxy) is 1. The van der Waals surface area contributed by atoms with Crippen molar-refractivity contribution in [1.29, 1.82) is 0 Å². The molecule has 19 heavy (non-hydrogen) atoms. The van der Waals surface area contributed by atoms with Crippen molar-refractivity contribution in [2.75, 3.05) is 26.3 Å². The molecule has 1 aromatic rings. The molecule has 2 N–H and O–H groups in total. The normalized spacial score (nSPS) is 18.1. The van der Waals surface area contributed by atoms with Crippen molar-refractivity contribution < 1.29 is 9.53 Å². The van der Waals surface area contributed by atoms with E-state index in [4.69, 9.17) is 4.74 Å². The van der Waals surface area contributed by atoms with Crippen molar-refractivity contribution in [2.24, 2.45) is 0 Å². The topological polar surface area (TPSA) is 68.2 Å². The van der Waals surface area contributed by atoms with Gasteiger partial charge in [0.05, 0.1) is 13.2 Å². The van der Waals surface area contributed by atoms with E-state index in [1.165, 1.54) is 0 Å². The zero-order valence-corrected chi connectivity index (χ0v) is 12.4. The minimum atomic E-state index is -0.215. The van der Waals surface area contributed by atoms with Gasteiger partial charge in [0.2, 0.25) is 5.91 Å². The predicted octanol–water partition coefficient (Wildman–Crippen LogP) is 0.140. The second-order valence-electron chi connectivity index (χ2n) is 4.04. The van der Waals surface area contributed by atoms with Gasteiger partial charge in [-0.3, -0.25) is 4.79 Å². The van der Waals surface area contributed by atoms with Crippen LogP contribution in [-0.2, 0) is 16.1 Å². The number of hydrogen-bond acceptors (Lipinski definition) is 4. The third-order valence-electron chi connectivity index (χ3n) is 2.81. The van der Waals surface area contributed by atoms with Gasteiger partial charge in [0, 0.05) is 32.0 Å². The minimum absolute atomic E-state index is 0. The maximum atomic E-state index is 11.7. The van der Waals surface area contributed by atoms with E-state index in [2.05, 4.69) is 15.6 Å². The van der Waals surface area contributed by atoms with Crippen LogP contribution >= 0.6 is 24.8 Å². The van der Waals surface area contributed by atoms with Crippen molar-refractivity contribution in [1.82, 2.24) is 20.2 Å². The second kappa shape index (κ2) is 9.14. The van der Waals surface area contributed by atoms with Crippen LogP contribution in [0.25, 0.3) is 0 Å². The third-order valence-corrected chi connectivity index (χ3v) is 2.81. The smallest absolute Gasteiger partial charge is 0.239 e. The van der Waals surface area contributed by atoms with Crippen molar-refractivity contribution in [2.45, 2.75) is 19.5 Å². The molecule has 0 aliphatic carbocycles. The first-order valence-electron chi connectivity index (χ1n) is 5.84. The Bertz CT molecular complexity index is 381. The Kier molecular flexibility index (Phi) is 8.75. The molecule has 0 radical (unpaired) electrons. The largest absolute Gasteiger partial charge is 0.378 e. The Hall–Kier alpha value is -0.820. The summed E-state index contributed by atoms with van der Waals surface area (Å²) in [6, 6.07) is -0.215. The summed E-state index contributed by atoms with van der Waals surface area (Å²) in [5.74, 6) is 0.959. The van der Waals surface area contributed by atoms with Crippen LogP contribution in [0.2, 0.25) is 0 Å². The molecule has 1 aromatic heterocycles. The molecule has 1 aliphatic rings. The summed E-state index contributed by atoms with van der Waals surface area (Å²) in [6.45, 7) is 5.16. The lowest BCUT2D eigenvalue weighted by Crippen LogP contribution is -2.51. The number of nitrogens with one attached hydrogen (secondary N) is 2. The van der Waals surface area contributed by atoms with Crippen LogP contribution in [0.15, 0.2) is 12.4 Å². The molecule has 1 saturated heterocycles. The van der Waals surface area contributed by atoms with Crippen molar-refractivity contribution in [3.8, 4) is 0 Å². The number of nitrogens with zero attached hydrogens (tertiary/aromatic N) is 2. The first-order chi connectivity index (χ1) is 8.27. The molecule has 0 bridgehead atoms. The molecule has 1 fully saturated rings. The van der Waals surface area contributed by atoms with Gasteiger partial charge in [-0.25, -0.2) is 4.98 Å². The minimum Gasteiger partial charge on any atom is -0.378 e. The number of hydrogen-bond donors (Lipinski definition) is 2. The highest BCUT2D eigenvalue weighted by Crippen LogP contribution is 1.95. The first-order valence-corrected chi connectivity index (χ1v) is 5.84. The molecular formula is C11H20Cl2N4O2. The number of amides is 1. The molecule has 8 heteroatoms. The van der Waals surface area contributed by atoms with Crippen LogP contribution in [0.4, 0.5) is 0 Å². The fourth-order valence-electron chi connectivity index (χ4n) is 1.80. The highest BCUT2D eigenvalue weighted by atomic mass is 35.5. The summed E-state index contributed by atoms with van der Waals surface area (Å²) in [5, 5.41) is 6.01. The number of aromatic nitrogens is 2. The lowest BCUT2D eigenvalue weighted by molar-refractivity contribution is -0.125. The van der Waals surface area contributed by atoms with Gasteiger partial charge in [-0.05, 0) is 6.92 Å². The fourth-order valence-corrected chi connectivity index (χ4v) is 1.80. The molecule has 1 unspecified atom stereocenters. The zero-order valence-electron chi connectivity index (χ0n) is 10.8. The van der Waals surface area contributed by atoms with E-state index in [-0.39, 0.29) is 36.8 Å². The van der Waals surface area contributed by atoms with Gasteiger partial charge < -0.3 is 19.9 Å². The number of carbonyl (C=O) groups is 1. The van der Waals surface area contributed by atoms with E-state index in [1.807, 2.05) is 17.7 Å². The first kappa shape index (κ1) is 18.2. The van der Waals surface area contributed by atoms with Gasteiger partial charge in [0.25, 0.3) is 0 Å². The van der Waals surface area contributed by atoms with Gasteiger partial charge in [0.1, 0.15) is 11.9 Å². The highest BCUT2D eigenvalue weighted by molar-refractivity contribution is 5.85. The molecule has 2 heterocycles.